The van der Waals surface area contributed by atoms with Gasteiger partial charge >= 0.3 is 5.97 Å². The van der Waals surface area contributed by atoms with Crippen LogP contribution in [-0.2, 0) is 6.61 Å². The molecule has 0 saturated heterocycles. The summed E-state index contributed by atoms with van der Waals surface area (Å²) >= 11 is 0. The van der Waals surface area contributed by atoms with Gasteiger partial charge in [0, 0.05) is 23.6 Å². The van der Waals surface area contributed by atoms with Gasteiger partial charge in [-0.1, -0.05) is 18.2 Å². The van der Waals surface area contributed by atoms with Gasteiger partial charge in [-0.3, -0.25) is 4.79 Å². The van der Waals surface area contributed by atoms with Crippen LogP contribution in [0.1, 0.15) is 26.5 Å². The second-order valence-corrected chi connectivity index (χ2v) is 3.83. The largest absolute Gasteiger partial charge is 0.476 e. The molecule has 7 nitrogen and oxygen atoms in total. The van der Waals surface area contributed by atoms with Crippen molar-refractivity contribution in [2.45, 2.75) is 6.61 Å². The van der Waals surface area contributed by atoms with E-state index < -0.39 is 17.6 Å². The van der Waals surface area contributed by atoms with Crippen LogP contribution >= 0.6 is 0 Å². The number of hydrogen-bond acceptors (Lipinski definition) is 5. The molecular formula is C13H11N3O4. The number of para-hydroxylation sites is 1. The minimum Gasteiger partial charge on any atom is -0.476 e. The summed E-state index contributed by atoms with van der Waals surface area (Å²) in [5.74, 6) is -2.03. The lowest BCUT2D eigenvalue weighted by Crippen LogP contribution is -2.20. The maximum absolute atomic E-state index is 12.0. The Morgan fingerprint density at radius 1 is 1.10 bits per heavy atom. The van der Waals surface area contributed by atoms with Gasteiger partial charge in [0.15, 0.2) is 11.4 Å². The van der Waals surface area contributed by atoms with E-state index in [-0.39, 0.29) is 12.3 Å². The molecule has 0 aliphatic carbocycles. The van der Waals surface area contributed by atoms with Gasteiger partial charge in [0.25, 0.3) is 5.91 Å². The molecule has 1 aromatic carbocycles. The molecule has 1 heterocycles. The van der Waals surface area contributed by atoms with Crippen molar-refractivity contribution < 1.29 is 19.8 Å². The van der Waals surface area contributed by atoms with Crippen molar-refractivity contribution in [3.63, 3.8) is 0 Å². The molecule has 2 aromatic rings. The van der Waals surface area contributed by atoms with E-state index in [9.17, 15) is 14.7 Å². The molecule has 0 aliphatic heterocycles. The number of carbonyl (C=O) groups excluding carboxylic acids is 1. The van der Waals surface area contributed by atoms with E-state index in [1.54, 1.807) is 24.3 Å². The second kappa shape index (κ2) is 5.89. The third kappa shape index (κ3) is 2.78. The van der Waals surface area contributed by atoms with Crippen molar-refractivity contribution in [3.05, 3.63) is 53.6 Å². The van der Waals surface area contributed by atoms with E-state index in [0.29, 0.717) is 11.3 Å². The van der Waals surface area contributed by atoms with Crippen LogP contribution in [0.4, 0.5) is 5.69 Å². The molecule has 0 spiro atoms. The lowest BCUT2D eigenvalue weighted by atomic mass is 10.2. The molecule has 1 aromatic heterocycles. The van der Waals surface area contributed by atoms with Gasteiger partial charge in [-0.15, -0.1) is 0 Å². The van der Waals surface area contributed by atoms with E-state index in [2.05, 4.69) is 15.3 Å². The molecule has 0 bridgehead atoms. The number of aromatic carboxylic acids is 1. The number of hydrogen-bond donors (Lipinski definition) is 3. The van der Waals surface area contributed by atoms with Crippen LogP contribution in [-0.4, -0.2) is 32.1 Å². The average Bonchev–Trinajstić information content (AvgIpc) is 2.47. The maximum Gasteiger partial charge on any atom is 0.356 e. The van der Waals surface area contributed by atoms with Gasteiger partial charge in [0.05, 0.1) is 6.61 Å². The fraction of sp³-hybridized carbons (Fsp3) is 0.0769. The molecule has 0 aliphatic rings. The van der Waals surface area contributed by atoms with Gasteiger partial charge in [-0.2, -0.15) is 0 Å². The van der Waals surface area contributed by atoms with E-state index in [1.807, 2.05) is 0 Å². The average molecular weight is 273 g/mol. The number of amides is 1. The molecule has 0 atom stereocenters. The van der Waals surface area contributed by atoms with Crippen molar-refractivity contribution in [1.82, 2.24) is 9.97 Å². The normalized spacial score (nSPS) is 10.1. The van der Waals surface area contributed by atoms with Gasteiger partial charge in [0.1, 0.15) is 0 Å². The number of benzene rings is 1. The summed E-state index contributed by atoms with van der Waals surface area (Å²) in [5, 5.41) is 20.6. The monoisotopic (exact) mass is 273 g/mol. The number of carboxylic acids is 1. The summed E-state index contributed by atoms with van der Waals surface area (Å²) in [6, 6.07) is 6.64. The molecule has 0 unspecified atom stereocenters. The van der Waals surface area contributed by atoms with Crippen LogP contribution in [0.25, 0.3) is 0 Å². The Kier molecular flexibility index (Phi) is 4.02. The van der Waals surface area contributed by atoms with Crippen LogP contribution < -0.4 is 5.32 Å². The summed E-state index contributed by atoms with van der Waals surface area (Å²) in [4.78, 5) is 30.4. The van der Waals surface area contributed by atoms with E-state index in [4.69, 9.17) is 5.11 Å². The molecular weight excluding hydrogens is 262 g/mol. The zero-order valence-electron chi connectivity index (χ0n) is 10.3. The number of rotatable bonds is 4. The van der Waals surface area contributed by atoms with Crippen molar-refractivity contribution in [2.75, 3.05) is 5.32 Å². The number of nitrogens with zero attached hydrogens (tertiary/aromatic N) is 2. The van der Waals surface area contributed by atoms with Gasteiger partial charge in [-0.25, -0.2) is 14.8 Å². The minimum absolute atomic E-state index is 0.247. The molecule has 0 fully saturated rings. The Hall–Kier alpha value is -2.80. The number of carbonyl (C=O) groups is 2. The van der Waals surface area contributed by atoms with Crippen LogP contribution in [0.2, 0.25) is 0 Å². The van der Waals surface area contributed by atoms with Crippen LogP contribution in [0.5, 0.6) is 0 Å². The molecule has 1 amide bonds. The highest BCUT2D eigenvalue weighted by molar-refractivity contribution is 6.08. The predicted octanol–water partition coefficient (Wildman–Crippen LogP) is 0.919. The van der Waals surface area contributed by atoms with Crippen molar-refractivity contribution >= 4 is 17.6 Å². The van der Waals surface area contributed by atoms with Crippen LogP contribution in [0.3, 0.4) is 0 Å². The summed E-state index contributed by atoms with van der Waals surface area (Å²) in [6.07, 6.45) is 2.43. The standard InChI is InChI=1S/C13H11N3O4/c17-7-8-3-1-2-4-9(8)16-12(18)10-11(13(19)20)15-6-5-14-10/h1-6,17H,7H2,(H,16,18)(H,19,20). The first-order chi connectivity index (χ1) is 9.63. The molecule has 7 heteroatoms. The number of carboxylic acid groups (broad SMARTS) is 1. The topological polar surface area (TPSA) is 112 Å². The van der Waals surface area contributed by atoms with Crippen molar-refractivity contribution in [1.29, 1.82) is 0 Å². The number of aliphatic hydroxyl groups is 1. The van der Waals surface area contributed by atoms with Crippen molar-refractivity contribution in [3.8, 4) is 0 Å². The van der Waals surface area contributed by atoms with Gasteiger partial charge in [-0.05, 0) is 6.07 Å². The Labute approximate surface area is 113 Å². The van der Waals surface area contributed by atoms with E-state index in [1.165, 1.54) is 12.4 Å². The fourth-order valence-electron chi connectivity index (χ4n) is 1.62. The zero-order valence-corrected chi connectivity index (χ0v) is 10.3. The maximum atomic E-state index is 12.0. The number of aliphatic hydroxyl groups excluding tert-OH is 1. The third-order valence-corrected chi connectivity index (χ3v) is 2.55. The minimum atomic E-state index is -1.33. The van der Waals surface area contributed by atoms with E-state index >= 15 is 0 Å². The Morgan fingerprint density at radius 2 is 1.75 bits per heavy atom. The lowest BCUT2D eigenvalue weighted by Gasteiger charge is -2.09. The number of aromatic nitrogens is 2. The molecule has 102 valence electrons. The van der Waals surface area contributed by atoms with Crippen LogP contribution in [0, 0.1) is 0 Å². The molecule has 3 N–H and O–H groups in total. The summed E-state index contributed by atoms with van der Waals surface area (Å²) in [6.45, 7) is -0.247. The molecule has 0 radical (unpaired) electrons. The summed E-state index contributed by atoms with van der Waals surface area (Å²) in [5.41, 5.74) is 0.197. The predicted molar refractivity (Wildman–Crippen MR) is 69.3 cm³/mol. The highest BCUT2D eigenvalue weighted by atomic mass is 16.4. The highest BCUT2D eigenvalue weighted by Crippen LogP contribution is 2.16. The number of nitrogens with one attached hydrogen (secondary N) is 1. The molecule has 0 saturated carbocycles. The smallest absolute Gasteiger partial charge is 0.356 e. The van der Waals surface area contributed by atoms with Gasteiger partial charge < -0.3 is 15.5 Å². The third-order valence-electron chi connectivity index (χ3n) is 2.55. The molecule has 2 rings (SSSR count). The summed E-state index contributed by atoms with van der Waals surface area (Å²) < 4.78 is 0. The zero-order chi connectivity index (χ0) is 14.5. The highest BCUT2D eigenvalue weighted by Gasteiger charge is 2.19. The second-order valence-electron chi connectivity index (χ2n) is 3.83. The Bertz CT molecular complexity index is 658. The Balaban J connectivity index is 2.31. The number of anilines is 1. The SMILES string of the molecule is O=C(O)c1nccnc1C(=O)Nc1ccccc1CO. The first-order valence-corrected chi connectivity index (χ1v) is 5.68. The van der Waals surface area contributed by atoms with Crippen LogP contribution in [0.15, 0.2) is 36.7 Å². The first-order valence-electron chi connectivity index (χ1n) is 5.68. The van der Waals surface area contributed by atoms with Gasteiger partial charge in [0.2, 0.25) is 0 Å². The fourth-order valence-corrected chi connectivity index (χ4v) is 1.62. The van der Waals surface area contributed by atoms with Crippen molar-refractivity contribution in [2.24, 2.45) is 0 Å². The summed E-state index contributed by atoms with van der Waals surface area (Å²) in [7, 11) is 0. The lowest BCUT2D eigenvalue weighted by molar-refractivity contribution is 0.0685. The first kappa shape index (κ1) is 13.6. The quantitative estimate of drug-likeness (QED) is 0.763. The Morgan fingerprint density at radius 3 is 2.40 bits per heavy atom. The van der Waals surface area contributed by atoms with E-state index in [0.717, 1.165) is 0 Å². The molecule has 20 heavy (non-hydrogen) atoms.